The average Bonchev–Trinajstić information content (AvgIpc) is 2.57. The summed E-state index contributed by atoms with van der Waals surface area (Å²) in [6.45, 7) is 8.08. The molecule has 1 aliphatic rings. The van der Waals surface area contributed by atoms with Crippen LogP contribution in [-0.4, -0.2) is 29.1 Å². The summed E-state index contributed by atoms with van der Waals surface area (Å²) in [5.41, 5.74) is 1.60. The molecule has 2 heterocycles. The summed E-state index contributed by atoms with van der Waals surface area (Å²) in [6.07, 6.45) is 1.93. The van der Waals surface area contributed by atoms with Gasteiger partial charge in [-0.2, -0.15) is 0 Å². The molecule has 3 rings (SSSR count). The summed E-state index contributed by atoms with van der Waals surface area (Å²) >= 11 is 0. The van der Waals surface area contributed by atoms with Crippen LogP contribution in [0.5, 0.6) is 0 Å². The van der Waals surface area contributed by atoms with Gasteiger partial charge in [0.2, 0.25) is 0 Å². The largest absolute Gasteiger partial charge is 0.380 e. The monoisotopic (exact) mass is 328 g/mol. The molecular weight excluding hydrogens is 303 g/mol. The predicted octanol–water partition coefficient (Wildman–Crippen LogP) is 4.13. The fourth-order valence-electron chi connectivity index (χ4n) is 3.05. The maximum Gasteiger partial charge on any atom is 0.146 e. The number of halogens is 1. The molecule has 1 fully saturated rings. The van der Waals surface area contributed by atoms with E-state index in [0.29, 0.717) is 17.6 Å². The standard InChI is InChI=1S/C19H25FN4/c1-13(2)19-21-14(3)12-18(23-19)24-10-8-15(9-11-24)22-17-7-5-4-6-16(17)20/h4-7,12-13,15,22H,8-11H2,1-3H3. The first kappa shape index (κ1) is 16.7. The highest BCUT2D eigenvalue weighted by atomic mass is 19.1. The van der Waals surface area contributed by atoms with Crippen molar-refractivity contribution >= 4 is 11.5 Å². The summed E-state index contributed by atoms with van der Waals surface area (Å²) in [5.74, 6) is 2.05. The third kappa shape index (κ3) is 3.83. The van der Waals surface area contributed by atoms with E-state index in [2.05, 4.69) is 35.1 Å². The van der Waals surface area contributed by atoms with Gasteiger partial charge in [-0.3, -0.25) is 0 Å². The smallest absolute Gasteiger partial charge is 0.146 e. The van der Waals surface area contributed by atoms with Crippen molar-refractivity contribution in [2.45, 2.75) is 45.6 Å². The number of aryl methyl sites for hydroxylation is 1. The fraction of sp³-hybridized carbons (Fsp3) is 0.474. The zero-order valence-electron chi connectivity index (χ0n) is 14.6. The second-order valence-corrected chi connectivity index (χ2v) is 6.77. The summed E-state index contributed by atoms with van der Waals surface area (Å²) in [5, 5.41) is 3.33. The highest BCUT2D eigenvalue weighted by Crippen LogP contribution is 2.23. The third-order valence-electron chi connectivity index (χ3n) is 4.43. The lowest BCUT2D eigenvalue weighted by molar-refractivity contribution is 0.518. The molecule has 1 saturated heterocycles. The maximum atomic E-state index is 13.8. The van der Waals surface area contributed by atoms with Gasteiger partial charge in [0.15, 0.2) is 0 Å². The van der Waals surface area contributed by atoms with Crippen LogP contribution in [0.3, 0.4) is 0 Å². The average molecular weight is 328 g/mol. The van der Waals surface area contributed by atoms with E-state index in [-0.39, 0.29) is 5.82 Å². The number of aromatic nitrogens is 2. The summed E-state index contributed by atoms with van der Waals surface area (Å²) < 4.78 is 13.8. The van der Waals surface area contributed by atoms with Gasteiger partial charge in [0.25, 0.3) is 0 Å². The maximum absolute atomic E-state index is 13.8. The Bertz CT molecular complexity index is 694. The van der Waals surface area contributed by atoms with Crippen LogP contribution in [0.1, 0.15) is 44.1 Å². The number of rotatable bonds is 4. The van der Waals surface area contributed by atoms with E-state index >= 15 is 0 Å². The first-order valence-corrected chi connectivity index (χ1v) is 8.64. The summed E-state index contributed by atoms with van der Waals surface area (Å²) in [7, 11) is 0. The van der Waals surface area contributed by atoms with Crippen molar-refractivity contribution in [3.63, 3.8) is 0 Å². The minimum absolute atomic E-state index is 0.187. The van der Waals surface area contributed by atoms with Crippen molar-refractivity contribution in [2.75, 3.05) is 23.3 Å². The molecule has 0 spiro atoms. The normalized spacial score (nSPS) is 15.8. The van der Waals surface area contributed by atoms with Gasteiger partial charge in [-0.25, -0.2) is 14.4 Å². The molecule has 0 amide bonds. The van der Waals surface area contributed by atoms with Crippen LogP contribution in [-0.2, 0) is 0 Å². The highest BCUT2D eigenvalue weighted by molar-refractivity contribution is 5.46. The number of benzene rings is 1. The molecule has 0 aliphatic carbocycles. The van der Waals surface area contributed by atoms with Crippen molar-refractivity contribution < 1.29 is 4.39 Å². The zero-order chi connectivity index (χ0) is 17.1. The molecule has 0 unspecified atom stereocenters. The number of nitrogens with one attached hydrogen (secondary N) is 1. The predicted molar refractivity (Wildman–Crippen MR) is 96.1 cm³/mol. The van der Waals surface area contributed by atoms with E-state index < -0.39 is 0 Å². The molecule has 1 N–H and O–H groups in total. The lowest BCUT2D eigenvalue weighted by Crippen LogP contribution is -2.39. The van der Waals surface area contributed by atoms with Gasteiger partial charge in [0.1, 0.15) is 17.5 Å². The lowest BCUT2D eigenvalue weighted by atomic mass is 10.0. The molecule has 0 saturated carbocycles. The number of hydrogen-bond acceptors (Lipinski definition) is 4. The molecular formula is C19H25FN4. The van der Waals surface area contributed by atoms with E-state index in [9.17, 15) is 4.39 Å². The Kier molecular flexibility index (Phi) is 4.97. The number of nitrogens with zero attached hydrogens (tertiary/aromatic N) is 3. The minimum atomic E-state index is -0.187. The van der Waals surface area contributed by atoms with Crippen LogP contribution in [0.4, 0.5) is 15.9 Å². The Balaban J connectivity index is 1.64. The Labute approximate surface area is 143 Å². The molecule has 0 bridgehead atoms. The van der Waals surface area contributed by atoms with E-state index in [1.807, 2.05) is 13.0 Å². The van der Waals surface area contributed by atoms with Gasteiger partial charge in [-0.05, 0) is 31.9 Å². The van der Waals surface area contributed by atoms with Crippen LogP contribution < -0.4 is 10.2 Å². The molecule has 4 nitrogen and oxygen atoms in total. The van der Waals surface area contributed by atoms with Crippen molar-refractivity contribution in [2.24, 2.45) is 0 Å². The highest BCUT2D eigenvalue weighted by Gasteiger charge is 2.21. The Morgan fingerprint density at radius 2 is 1.88 bits per heavy atom. The Morgan fingerprint density at radius 3 is 2.54 bits per heavy atom. The molecule has 0 radical (unpaired) electrons. The molecule has 0 atom stereocenters. The topological polar surface area (TPSA) is 41.0 Å². The summed E-state index contributed by atoms with van der Waals surface area (Å²) in [4.78, 5) is 11.5. The van der Waals surface area contributed by atoms with Gasteiger partial charge >= 0.3 is 0 Å². The third-order valence-corrected chi connectivity index (χ3v) is 4.43. The van der Waals surface area contributed by atoms with Crippen LogP contribution in [0.25, 0.3) is 0 Å². The zero-order valence-corrected chi connectivity index (χ0v) is 14.6. The fourth-order valence-corrected chi connectivity index (χ4v) is 3.05. The molecule has 2 aromatic rings. The van der Waals surface area contributed by atoms with Crippen LogP contribution in [0, 0.1) is 12.7 Å². The minimum Gasteiger partial charge on any atom is -0.380 e. The molecule has 5 heteroatoms. The van der Waals surface area contributed by atoms with Crippen LogP contribution >= 0.6 is 0 Å². The van der Waals surface area contributed by atoms with Crippen molar-refractivity contribution in [3.8, 4) is 0 Å². The van der Waals surface area contributed by atoms with Crippen LogP contribution in [0.15, 0.2) is 30.3 Å². The van der Waals surface area contributed by atoms with Gasteiger partial charge in [-0.1, -0.05) is 26.0 Å². The lowest BCUT2D eigenvalue weighted by Gasteiger charge is -2.34. The van der Waals surface area contributed by atoms with E-state index in [1.54, 1.807) is 12.1 Å². The number of anilines is 2. The summed E-state index contributed by atoms with van der Waals surface area (Å²) in [6, 6.07) is 9.21. The van der Waals surface area contributed by atoms with Gasteiger partial charge in [0, 0.05) is 36.8 Å². The van der Waals surface area contributed by atoms with Crippen molar-refractivity contribution in [1.82, 2.24) is 9.97 Å². The SMILES string of the molecule is Cc1cc(N2CCC(Nc3ccccc3F)CC2)nc(C(C)C)n1. The molecule has 1 aromatic carbocycles. The quantitative estimate of drug-likeness (QED) is 0.916. The van der Waals surface area contributed by atoms with Gasteiger partial charge in [-0.15, -0.1) is 0 Å². The van der Waals surface area contributed by atoms with Gasteiger partial charge < -0.3 is 10.2 Å². The van der Waals surface area contributed by atoms with Crippen molar-refractivity contribution in [3.05, 3.63) is 47.7 Å². The molecule has 1 aromatic heterocycles. The first-order valence-electron chi connectivity index (χ1n) is 8.64. The van der Waals surface area contributed by atoms with Crippen LogP contribution in [0.2, 0.25) is 0 Å². The first-order chi connectivity index (χ1) is 11.5. The molecule has 1 aliphatic heterocycles. The van der Waals surface area contributed by atoms with Gasteiger partial charge in [0.05, 0.1) is 5.69 Å². The number of hydrogen-bond donors (Lipinski definition) is 1. The second-order valence-electron chi connectivity index (χ2n) is 6.77. The second kappa shape index (κ2) is 7.16. The Morgan fingerprint density at radius 1 is 1.17 bits per heavy atom. The molecule has 24 heavy (non-hydrogen) atoms. The number of piperidine rings is 1. The van der Waals surface area contributed by atoms with E-state index in [4.69, 9.17) is 4.98 Å². The van der Waals surface area contributed by atoms with Crippen molar-refractivity contribution in [1.29, 1.82) is 0 Å². The van der Waals surface area contributed by atoms with E-state index in [1.165, 1.54) is 6.07 Å². The van der Waals surface area contributed by atoms with E-state index in [0.717, 1.165) is 43.3 Å². The number of para-hydroxylation sites is 1. The Hall–Kier alpha value is -2.17. The molecule has 128 valence electrons.